The molecule has 1 aliphatic heterocycles. The fourth-order valence-electron chi connectivity index (χ4n) is 5.58. The summed E-state index contributed by atoms with van der Waals surface area (Å²) in [6.07, 6.45) is 4.97. The minimum absolute atomic E-state index is 0. The number of unbranched alkanes of at least 4 members (excludes halogenated alkanes) is 1. The Morgan fingerprint density at radius 3 is 2.05 bits per heavy atom. The Bertz CT molecular complexity index is 1430. The van der Waals surface area contributed by atoms with Gasteiger partial charge in [-0.3, -0.25) is 14.5 Å². The van der Waals surface area contributed by atoms with Gasteiger partial charge in [-0.25, -0.2) is 13.2 Å². The van der Waals surface area contributed by atoms with Crippen molar-refractivity contribution < 1.29 is 17.9 Å². The summed E-state index contributed by atoms with van der Waals surface area (Å²) in [5.74, 6) is 1.35. The van der Waals surface area contributed by atoms with E-state index in [9.17, 15) is 13.2 Å². The average Bonchev–Trinajstić information content (AvgIpc) is 2.92. The summed E-state index contributed by atoms with van der Waals surface area (Å²) < 4.78 is 31.1. The second-order valence-electron chi connectivity index (χ2n) is 11.4. The first-order valence-electron chi connectivity index (χ1n) is 14.7. The molecule has 4 rings (SSSR count). The molecule has 1 saturated heterocycles. The second kappa shape index (κ2) is 15.5. The normalized spacial score (nSPS) is 14.1. The fourth-order valence-corrected chi connectivity index (χ4v) is 6.14. The molecule has 0 aromatic heterocycles. The minimum atomic E-state index is -3.31. The number of carbonyl (C=O) groups excluding carboxylic acids is 1. The van der Waals surface area contributed by atoms with Crippen LogP contribution in [0.15, 0.2) is 60.7 Å². The molecule has 10 heteroatoms. The Morgan fingerprint density at radius 1 is 0.953 bits per heavy atom. The molecule has 1 fully saturated rings. The number of carbonyl (C=O) groups is 1. The molecule has 3 aromatic carbocycles. The van der Waals surface area contributed by atoms with E-state index in [1.807, 2.05) is 17.0 Å². The van der Waals surface area contributed by atoms with Crippen molar-refractivity contribution in [1.82, 2.24) is 10.2 Å². The van der Waals surface area contributed by atoms with Gasteiger partial charge >= 0.3 is 6.03 Å². The molecule has 0 unspecified atom stereocenters. The summed E-state index contributed by atoms with van der Waals surface area (Å²) in [4.78, 5) is 17.9. The van der Waals surface area contributed by atoms with E-state index < -0.39 is 10.0 Å². The lowest BCUT2D eigenvalue weighted by atomic mass is 10.0. The summed E-state index contributed by atoms with van der Waals surface area (Å²) in [5, 5.41) is 3.33. The van der Waals surface area contributed by atoms with Crippen LogP contribution in [0, 0.1) is 20.8 Å². The SMILES string of the molecule is CCCCN(C(=O)NC1CCN(Cc2ccc(Oc3ccc(NS(C)(=O)=O)cc3)cc2)CC1)c1c(C)cc(C)cc1C.Cl. The van der Waals surface area contributed by atoms with E-state index in [1.54, 1.807) is 24.3 Å². The molecule has 0 saturated carbocycles. The van der Waals surface area contributed by atoms with Crippen LogP contribution < -0.4 is 19.7 Å². The molecule has 1 heterocycles. The van der Waals surface area contributed by atoms with Crippen LogP contribution in [0.5, 0.6) is 11.5 Å². The Labute approximate surface area is 263 Å². The molecule has 0 spiro atoms. The predicted octanol–water partition coefficient (Wildman–Crippen LogP) is 7.18. The number of halogens is 1. The third-order valence-electron chi connectivity index (χ3n) is 7.52. The van der Waals surface area contributed by atoms with Gasteiger partial charge in [-0.2, -0.15) is 0 Å². The number of rotatable bonds is 11. The van der Waals surface area contributed by atoms with Crippen molar-refractivity contribution >= 4 is 39.8 Å². The number of amides is 2. The van der Waals surface area contributed by atoms with Crippen LogP contribution in [-0.4, -0.2) is 51.3 Å². The molecule has 8 nitrogen and oxygen atoms in total. The van der Waals surface area contributed by atoms with Gasteiger partial charge in [0.25, 0.3) is 0 Å². The Balaban J connectivity index is 0.00000506. The number of hydrogen-bond acceptors (Lipinski definition) is 5. The smallest absolute Gasteiger partial charge is 0.322 e. The molecule has 0 radical (unpaired) electrons. The lowest BCUT2D eigenvalue weighted by Crippen LogP contribution is -2.49. The number of sulfonamides is 1. The quantitative estimate of drug-likeness (QED) is 0.235. The molecule has 43 heavy (non-hydrogen) atoms. The Morgan fingerprint density at radius 2 is 1.51 bits per heavy atom. The predicted molar refractivity (Wildman–Crippen MR) is 178 cm³/mol. The molecule has 0 atom stereocenters. The van der Waals surface area contributed by atoms with E-state index in [2.05, 4.69) is 66.9 Å². The number of aryl methyl sites for hydroxylation is 3. The maximum absolute atomic E-state index is 13.5. The summed E-state index contributed by atoms with van der Waals surface area (Å²) in [7, 11) is -3.31. The highest BCUT2D eigenvalue weighted by atomic mass is 35.5. The van der Waals surface area contributed by atoms with Crippen LogP contribution in [0.1, 0.15) is 54.9 Å². The van der Waals surface area contributed by atoms with Crippen LogP contribution in [0.4, 0.5) is 16.2 Å². The Hall–Kier alpha value is -3.27. The van der Waals surface area contributed by atoms with Crippen molar-refractivity contribution in [2.75, 3.05) is 35.5 Å². The monoisotopic (exact) mass is 628 g/mol. The number of benzene rings is 3. The van der Waals surface area contributed by atoms with Gasteiger partial charge in [-0.1, -0.05) is 43.2 Å². The van der Waals surface area contributed by atoms with E-state index in [0.717, 1.165) is 80.7 Å². The summed E-state index contributed by atoms with van der Waals surface area (Å²) in [5.41, 5.74) is 6.24. The van der Waals surface area contributed by atoms with Gasteiger partial charge in [-0.05, 0) is 93.1 Å². The van der Waals surface area contributed by atoms with Crippen molar-refractivity contribution in [2.45, 2.75) is 66.0 Å². The minimum Gasteiger partial charge on any atom is -0.457 e. The van der Waals surface area contributed by atoms with E-state index in [4.69, 9.17) is 4.74 Å². The first kappa shape index (κ1) is 34.2. The molecule has 3 aromatic rings. The van der Waals surface area contributed by atoms with Gasteiger partial charge < -0.3 is 10.1 Å². The summed E-state index contributed by atoms with van der Waals surface area (Å²) in [6.45, 7) is 11.9. The number of likely N-dealkylation sites (tertiary alicyclic amines) is 1. The Kier molecular flexibility index (Phi) is 12.3. The molecular formula is C33H45ClN4O4S. The van der Waals surface area contributed by atoms with Crippen LogP contribution in [-0.2, 0) is 16.6 Å². The highest BCUT2D eigenvalue weighted by Gasteiger charge is 2.25. The van der Waals surface area contributed by atoms with Crippen molar-refractivity contribution in [1.29, 1.82) is 0 Å². The number of hydrogen-bond donors (Lipinski definition) is 2. The van der Waals surface area contributed by atoms with E-state index in [1.165, 1.54) is 11.1 Å². The van der Waals surface area contributed by atoms with Gasteiger partial charge in [-0.15, -0.1) is 12.4 Å². The fraction of sp³-hybridized carbons (Fsp3) is 0.424. The number of urea groups is 1. The number of ether oxygens (including phenoxy) is 1. The molecule has 2 amide bonds. The molecular weight excluding hydrogens is 584 g/mol. The van der Waals surface area contributed by atoms with Gasteiger partial charge in [0, 0.05) is 37.9 Å². The lowest BCUT2D eigenvalue weighted by molar-refractivity contribution is 0.188. The second-order valence-corrected chi connectivity index (χ2v) is 13.1. The number of anilines is 2. The van der Waals surface area contributed by atoms with Crippen molar-refractivity contribution in [2.24, 2.45) is 0 Å². The van der Waals surface area contributed by atoms with Crippen molar-refractivity contribution in [3.63, 3.8) is 0 Å². The van der Waals surface area contributed by atoms with Crippen molar-refractivity contribution in [3.05, 3.63) is 82.9 Å². The lowest BCUT2D eigenvalue weighted by Gasteiger charge is -2.34. The van der Waals surface area contributed by atoms with Crippen LogP contribution in [0.3, 0.4) is 0 Å². The van der Waals surface area contributed by atoms with Gasteiger partial charge in [0.2, 0.25) is 10.0 Å². The zero-order chi connectivity index (χ0) is 30.3. The van der Waals surface area contributed by atoms with E-state index in [0.29, 0.717) is 11.4 Å². The maximum atomic E-state index is 13.5. The van der Waals surface area contributed by atoms with Crippen LogP contribution >= 0.6 is 12.4 Å². The number of piperidine rings is 1. The van der Waals surface area contributed by atoms with E-state index >= 15 is 0 Å². The number of nitrogens with zero attached hydrogens (tertiary/aromatic N) is 2. The van der Waals surface area contributed by atoms with Gasteiger partial charge in [0.05, 0.1) is 11.9 Å². The average molecular weight is 629 g/mol. The first-order chi connectivity index (χ1) is 20.0. The summed E-state index contributed by atoms with van der Waals surface area (Å²) in [6, 6.07) is 19.3. The summed E-state index contributed by atoms with van der Waals surface area (Å²) >= 11 is 0. The highest BCUT2D eigenvalue weighted by Crippen LogP contribution is 2.28. The van der Waals surface area contributed by atoms with Crippen LogP contribution in [0.2, 0.25) is 0 Å². The third kappa shape index (κ3) is 10.2. The van der Waals surface area contributed by atoms with E-state index in [-0.39, 0.29) is 24.5 Å². The van der Waals surface area contributed by atoms with Gasteiger partial charge in [0.15, 0.2) is 0 Å². The molecule has 234 valence electrons. The standard InChI is InChI=1S/C33H44N4O4S.ClH/c1-6-7-18-37(32-25(3)21-24(2)22-26(32)4)33(38)34-28-16-19-36(20-17-28)23-27-8-12-30(13-9-27)41-31-14-10-29(11-15-31)35-42(5,39)40;/h8-15,21-22,28,35H,6-7,16-20,23H2,1-5H3,(H,34,38);1H. The largest absolute Gasteiger partial charge is 0.457 e. The highest BCUT2D eigenvalue weighted by molar-refractivity contribution is 7.92. The number of nitrogens with one attached hydrogen (secondary N) is 2. The van der Waals surface area contributed by atoms with Gasteiger partial charge in [0.1, 0.15) is 11.5 Å². The third-order valence-corrected chi connectivity index (χ3v) is 8.13. The maximum Gasteiger partial charge on any atom is 0.322 e. The van der Waals surface area contributed by atoms with Crippen molar-refractivity contribution in [3.8, 4) is 11.5 Å². The first-order valence-corrected chi connectivity index (χ1v) is 16.6. The zero-order valence-corrected chi connectivity index (χ0v) is 27.5. The zero-order valence-electron chi connectivity index (χ0n) is 25.9. The van der Waals surface area contributed by atoms with Crippen LogP contribution in [0.25, 0.3) is 0 Å². The molecule has 1 aliphatic rings. The molecule has 2 N–H and O–H groups in total. The molecule has 0 bridgehead atoms. The topological polar surface area (TPSA) is 91.0 Å². The molecule has 0 aliphatic carbocycles.